The molecular formula is C21H23N3O2. The van der Waals surface area contributed by atoms with Gasteiger partial charge in [-0.15, -0.1) is 0 Å². The van der Waals surface area contributed by atoms with Gasteiger partial charge in [0.2, 0.25) is 17.5 Å². The number of nitrogens with two attached hydrogens (primary N) is 1. The predicted molar refractivity (Wildman–Crippen MR) is 103 cm³/mol. The second-order valence-electron chi connectivity index (χ2n) is 7.30. The van der Waals surface area contributed by atoms with Gasteiger partial charge >= 0.3 is 0 Å². The van der Waals surface area contributed by atoms with Crippen molar-refractivity contribution in [3.05, 3.63) is 59.7 Å². The Morgan fingerprint density at radius 1 is 1.04 bits per heavy atom. The molecule has 0 bridgehead atoms. The highest BCUT2D eigenvalue weighted by Gasteiger charge is 2.22. The molecule has 134 valence electrons. The van der Waals surface area contributed by atoms with Crippen LogP contribution in [-0.2, 0) is 6.54 Å². The SMILES string of the molecule is CCC(C)(C)Cn1c(N)nc2ccc(C(=O)C(=O)c3ccccc3)cc21. The Kier molecular flexibility index (Phi) is 4.64. The van der Waals surface area contributed by atoms with Crippen molar-refractivity contribution in [3.63, 3.8) is 0 Å². The normalized spacial score (nSPS) is 11.7. The molecule has 0 saturated heterocycles. The van der Waals surface area contributed by atoms with Crippen LogP contribution in [0.3, 0.4) is 0 Å². The molecule has 2 aromatic carbocycles. The Bertz CT molecular complexity index is 972. The molecule has 0 amide bonds. The fourth-order valence-corrected chi connectivity index (χ4v) is 2.84. The van der Waals surface area contributed by atoms with Gasteiger partial charge in [0.15, 0.2) is 0 Å². The molecule has 5 heteroatoms. The van der Waals surface area contributed by atoms with Crippen LogP contribution in [0.4, 0.5) is 5.95 Å². The van der Waals surface area contributed by atoms with Crippen LogP contribution in [0.2, 0.25) is 0 Å². The summed E-state index contributed by atoms with van der Waals surface area (Å²) in [6, 6.07) is 13.7. The van der Waals surface area contributed by atoms with E-state index in [0.29, 0.717) is 23.6 Å². The highest BCUT2D eigenvalue weighted by atomic mass is 16.2. The van der Waals surface area contributed by atoms with Gasteiger partial charge in [-0.2, -0.15) is 0 Å². The van der Waals surface area contributed by atoms with Crippen molar-refractivity contribution in [1.82, 2.24) is 9.55 Å². The van der Waals surface area contributed by atoms with Crippen LogP contribution in [0, 0.1) is 5.41 Å². The standard InChI is InChI=1S/C21H23N3O2/c1-4-21(2,3)13-24-17-12-15(10-11-16(17)23-20(24)22)19(26)18(25)14-8-6-5-7-9-14/h5-12H,4,13H2,1-3H3,(H2,22,23). The lowest BCUT2D eigenvalue weighted by Gasteiger charge is -2.24. The van der Waals surface area contributed by atoms with Crippen LogP contribution in [0.15, 0.2) is 48.5 Å². The first kappa shape index (κ1) is 17.9. The summed E-state index contributed by atoms with van der Waals surface area (Å²) in [5.74, 6) is -0.627. The first-order chi connectivity index (χ1) is 12.3. The summed E-state index contributed by atoms with van der Waals surface area (Å²) in [5.41, 5.74) is 8.37. The molecule has 0 saturated carbocycles. The maximum absolute atomic E-state index is 12.6. The molecule has 1 aromatic heterocycles. The molecule has 0 atom stereocenters. The second kappa shape index (κ2) is 6.75. The van der Waals surface area contributed by atoms with Gasteiger partial charge in [-0.3, -0.25) is 9.59 Å². The minimum Gasteiger partial charge on any atom is -0.369 e. The van der Waals surface area contributed by atoms with Crippen LogP contribution in [0.5, 0.6) is 0 Å². The largest absolute Gasteiger partial charge is 0.369 e. The number of hydrogen-bond acceptors (Lipinski definition) is 4. The summed E-state index contributed by atoms with van der Waals surface area (Å²) < 4.78 is 1.92. The number of nitrogens with zero attached hydrogens (tertiary/aromatic N) is 2. The molecule has 5 nitrogen and oxygen atoms in total. The fourth-order valence-electron chi connectivity index (χ4n) is 2.84. The molecule has 0 spiro atoms. The lowest BCUT2D eigenvalue weighted by Crippen LogP contribution is -2.20. The highest BCUT2D eigenvalue weighted by Crippen LogP contribution is 2.28. The summed E-state index contributed by atoms with van der Waals surface area (Å²) in [6.45, 7) is 7.14. The predicted octanol–water partition coefficient (Wildman–Crippen LogP) is 4.12. The van der Waals surface area contributed by atoms with Gasteiger partial charge in [0.25, 0.3) is 0 Å². The van der Waals surface area contributed by atoms with Crippen LogP contribution in [-0.4, -0.2) is 21.1 Å². The average molecular weight is 349 g/mol. The van der Waals surface area contributed by atoms with E-state index in [4.69, 9.17) is 5.73 Å². The molecule has 0 fully saturated rings. The van der Waals surface area contributed by atoms with E-state index in [1.165, 1.54) is 0 Å². The van der Waals surface area contributed by atoms with Crippen molar-refractivity contribution >= 4 is 28.5 Å². The molecule has 0 radical (unpaired) electrons. The van der Waals surface area contributed by atoms with E-state index in [9.17, 15) is 9.59 Å². The van der Waals surface area contributed by atoms with Crippen LogP contribution < -0.4 is 5.73 Å². The minimum absolute atomic E-state index is 0.0433. The number of ketones is 2. The number of hydrogen-bond donors (Lipinski definition) is 1. The zero-order valence-corrected chi connectivity index (χ0v) is 15.3. The van der Waals surface area contributed by atoms with E-state index in [1.54, 1.807) is 42.5 Å². The van der Waals surface area contributed by atoms with Gasteiger partial charge < -0.3 is 10.3 Å². The van der Waals surface area contributed by atoms with Crippen LogP contribution in [0.25, 0.3) is 11.0 Å². The minimum atomic E-state index is -0.529. The quantitative estimate of drug-likeness (QED) is 0.536. The molecule has 0 unspecified atom stereocenters. The smallest absolute Gasteiger partial charge is 0.233 e. The van der Waals surface area contributed by atoms with E-state index in [1.807, 2.05) is 10.6 Å². The average Bonchev–Trinajstić information content (AvgIpc) is 2.95. The molecule has 0 aliphatic heterocycles. The zero-order chi connectivity index (χ0) is 18.9. The number of benzene rings is 2. The van der Waals surface area contributed by atoms with E-state index >= 15 is 0 Å². The monoisotopic (exact) mass is 349 g/mol. The lowest BCUT2D eigenvalue weighted by atomic mass is 9.90. The molecule has 26 heavy (non-hydrogen) atoms. The summed E-state index contributed by atoms with van der Waals surface area (Å²) >= 11 is 0. The number of aromatic nitrogens is 2. The van der Waals surface area contributed by atoms with Crippen molar-refractivity contribution in [2.75, 3.05) is 5.73 Å². The molecule has 0 aliphatic carbocycles. The van der Waals surface area contributed by atoms with E-state index in [0.717, 1.165) is 17.5 Å². The first-order valence-electron chi connectivity index (χ1n) is 8.72. The molecule has 2 N–H and O–H groups in total. The van der Waals surface area contributed by atoms with Gasteiger partial charge in [-0.25, -0.2) is 4.98 Å². The van der Waals surface area contributed by atoms with Crippen molar-refractivity contribution in [3.8, 4) is 0 Å². The maximum atomic E-state index is 12.6. The number of Topliss-reactive ketones (excluding diaryl/α,β-unsaturated/α-hetero) is 2. The first-order valence-corrected chi connectivity index (χ1v) is 8.72. The molecule has 3 rings (SSSR count). The van der Waals surface area contributed by atoms with Crippen molar-refractivity contribution < 1.29 is 9.59 Å². The summed E-state index contributed by atoms with van der Waals surface area (Å²) in [4.78, 5) is 29.5. The number of rotatable bonds is 6. The van der Waals surface area contributed by atoms with E-state index < -0.39 is 11.6 Å². The maximum Gasteiger partial charge on any atom is 0.233 e. The highest BCUT2D eigenvalue weighted by molar-refractivity contribution is 6.49. The topological polar surface area (TPSA) is 78.0 Å². The third-order valence-electron chi connectivity index (χ3n) is 4.83. The van der Waals surface area contributed by atoms with Crippen molar-refractivity contribution in [1.29, 1.82) is 0 Å². The van der Waals surface area contributed by atoms with Crippen LogP contribution in [0.1, 0.15) is 47.9 Å². The summed E-state index contributed by atoms with van der Waals surface area (Å²) in [6.07, 6.45) is 0.983. The van der Waals surface area contributed by atoms with Crippen molar-refractivity contribution in [2.24, 2.45) is 5.41 Å². The fraction of sp³-hybridized carbons (Fsp3) is 0.286. The molecule has 3 aromatic rings. The summed E-state index contributed by atoms with van der Waals surface area (Å²) in [7, 11) is 0. The van der Waals surface area contributed by atoms with Crippen LogP contribution >= 0.6 is 0 Å². The Hall–Kier alpha value is -2.95. The lowest BCUT2D eigenvalue weighted by molar-refractivity contribution is 0.0817. The number of fused-ring (bicyclic) bond motifs is 1. The Morgan fingerprint density at radius 2 is 1.69 bits per heavy atom. The van der Waals surface area contributed by atoms with E-state index in [-0.39, 0.29) is 5.41 Å². The van der Waals surface area contributed by atoms with Gasteiger partial charge in [-0.1, -0.05) is 51.1 Å². The number of carbonyl (C=O) groups excluding carboxylic acids is 2. The zero-order valence-electron chi connectivity index (χ0n) is 15.3. The number of nitrogen functional groups attached to an aromatic ring is 1. The third kappa shape index (κ3) is 3.38. The van der Waals surface area contributed by atoms with Gasteiger partial charge in [0.1, 0.15) is 0 Å². The third-order valence-corrected chi connectivity index (χ3v) is 4.83. The summed E-state index contributed by atoms with van der Waals surface area (Å²) in [5, 5.41) is 0. The Balaban J connectivity index is 2.01. The van der Waals surface area contributed by atoms with Gasteiger partial charge in [0, 0.05) is 17.7 Å². The van der Waals surface area contributed by atoms with Gasteiger partial charge in [0.05, 0.1) is 11.0 Å². The number of carbonyl (C=O) groups is 2. The Morgan fingerprint density at radius 3 is 2.35 bits per heavy atom. The van der Waals surface area contributed by atoms with Crippen molar-refractivity contribution in [2.45, 2.75) is 33.7 Å². The molecular weight excluding hydrogens is 326 g/mol. The number of imidazole rings is 1. The Labute approximate surface area is 152 Å². The molecule has 1 heterocycles. The van der Waals surface area contributed by atoms with E-state index in [2.05, 4.69) is 25.8 Å². The second-order valence-corrected chi connectivity index (χ2v) is 7.30. The molecule has 0 aliphatic rings. The number of anilines is 1. The van der Waals surface area contributed by atoms with Gasteiger partial charge in [-0.05, 0) is 30.0 Å².